The summed E-state index contributed by atoms with van der Waals surface area (Å²) in [5.74, 6) is 1.38. The van der Waals surface area contributed by atoms with Gasteiger partial charge in [-0.05, 0) is 12.1 Å². The van der Waals surface area contributed by atoms with Gasteiger partial charge in [0.1, 0.15) is 11.5 Å². The Balaban J connectivity index is 2.22. The SMILES string of the molecule is NC(N)=Nc1ncc(Oc2ccccc2)cc1Cl. The zero-order valence-corrected chi connectivity index (χ0v) is 10.1. The molecule has 1 heterocycles. The fourth-order valence-electron chi connectivity index (χ4n) is 1.30. The molecule has 0 radical (unpaired) electrons. The fourth-order valence-corrected chi connectivity index (χ4v) is 1.50. The number of para-hydroxylation sites is 1. The summed E-state index contributed by atoms with van der Waals surface area (Å²) in [6.07, 6.45) is 1.50. The van der Waals surface area contributed by atoms with Crippen LogP contribution in [0.2, 0.25) is 5.02 Å². The van der Waals surface area contributed by atoms with Crippen LogP contribution >= 0.6 is 11.6 Å². The van der Waals surface area contributed by atoms with Crippen LogP contribution in [0.1, 0.15) is 0 Å². The van der Waals surface area contributed by atoms with Gasteiger partial charge in [-0.3, -0.25) is 0 Å². The zero-order chi connectivity index (χ0) is 13.0. The number of benzene rings is 1. The van der Waals surface area contributed by atoms with Gasteiger partial charge in [-0.25, -0.2) is 4.98 Å². The molecule has 18 heavy (non-hydrogen) atoms. The largest absolute Gasteiger partial charge is 0.456 e. The summed E-state index contributed by atoms with van der Waals surface area (Å²) in [5, 5.41) is 0.317. The second kappa shape index (κ2) is 5.37. The van der Waals surface area contributed by atoms with Crippen LogP contribution < -0.4 is 16.2 Å². The minimum absolute atomic E-state index is 0.0962. The third-order valence-corrected chi connectivity index (χ3v) is 2.29. The number of pyridine rings is 1. The van der Waals surface area contributed by atoms with Gasteiger partial charge in [0, 0.05) is 6.07 Å². The summed E-state index contributed by atoms with van der Waals surface area (Å²) < 4.78 is 5.56. The minimum atomic E-state index is -0.0962. The van der Waals surface area contributed by atoms with E-state index in [-0.39, 0.29) is 11.8 Å². The molecule has 0 aliphatic rings. The molecule has 2 rings (SSSR count). The molecule has 0 saturated carbocycles. The van der Waals surface area contributed by atoms with Gasteiger partial charge in [0.25, 0.3) is 0 Å². The highest BCUT2D eigenvalue weighted by molar-refractivity contribution is 6.32. The molecule has 4 N–H and O–H groups in total. The van der Waals surface area contributed by atoms with Crippen LogP contribution in [0.25, 0.3) is 0 Å². The summed E-state index contributed by atoms with van der Waals surface area (Å²) >= 11 is 5.98. The number of guanidine groups is 1. The van der Waals surface area contributed by atoms with Crippen LogP contribution in [0, 0.1) is 0 Å². The van der Waals surface area contributed by atoms with E-state index >= 15 is 0 Å². The lowest BCUT2D eigenvalue weighted by atomic mass is 10.3. The normalized spacial score (nSPS) is 9.83. The van der Waals surface area contributed by atoms with Crippen molar-refractivity contribution in [2.75, 3.05) is 0 Å². The molecule has 1 aromatic heterocycles. The highest BCUT2D eigenvalue weighted by Gasteiger charge is 2.04. The molecule has 0 saturated heterocycles. The summed E-state index contributed by atoms with van der Waals surface area (Å²) in [4.78, 5) is 7.79. The molecular formula is C12H11ClN4O. The van der Waals surface area contributed by atoms with Crippen molar-refractivity contribution in [2.24, 2.45) is 16.5 Å². The summed E-state index contributed by atoms with van der Waals surface area (Å²) in [6.45, 7) is 0. The number of ether oxygens (including phenoxy) is 1. The second-order valence-corrected chi connectivity index (χ2v) is 3.84. The second-order valence-electron chi connectivity index (χ2n) is 3.43. The van der Waals surface area contributed by atoms with Crippen LogP contribution in [0.15, 0.2) is 47.6 Å². The lowest BCUT2D eigenvalue weighted by molar-refractivity contribution is 0.480. The molecule has 0 fully saturated rings. The first-order valence-electron chi connectivity index (χ1n) is 5.13. The van der Waals surface area contributed by atoms with Gasteiger partial charge < -0.3 is 16.2 Å². The highest BCUT2D eigenvalue weighted by atomic mass is 35.5. The molecule has 2 aromatic rings. The number of hydrogen-bond donors (Lipinski definition) is 2. The fraction of sp³-hybridized carbons (Fsp3) is 0. The van der Waals surface area contributed by atoms with E-state index in [9.17, 15) is 0 Å². The van der Waals surface area contributed by atoms with E-state index in [1.165, 1.54) is 6.20 Å². The van der Waals surface area contributed by atoms with Crippen molar-refractivity contribution < 1.29 is 4.74 Å². The first-order valence-corrected chi connectivity index (χ1v) is 5.51. The Bertz CT molecular complexity index is 568. The van der Waals surface area contributed by atoms with Crippen LogP contribution in [0.5, 0.6) is 11.5 Å². The first kappa shape index (κ1) is 12.2. The van der Waals surface area contributed by atoms with E-state index in [4.69, 9.17) is 27.8 Å². The molecule has 0 unspecified atom stereocenters. The maximum absolute atomic E-state index is 5.98. The van der Waals surface area contributed by atoms with E-state index in [2.05, 4.69) is 9.98 Å². The van der Waals surface area contributed by atoms with Gasteiger partial charge in [-0.1, -0.05) is 29.8 Å². The Kier molecular flexibility index (Phi) is 3.64. The number of hydrogen-bond acceptors (Lipinski definition) is 3. The Morgan fingerprint density at radius 2 is 1.89 bits per heavy atom. The molecule has 0 spiro atoms. The zero-order valence-electron chi connectivity index (χ0n) is 9.38. The van der Waals surface area contributed by atoms with Gasteiger partial charge in [0.2, 0.25) is 0 Å². The molecule has 0 amide bonds. The molecule has 0 aliphatic heterocycles. The highest BCUT2D eigenvalue weighted by Crippen LogP contribution is 2.28. The van der Waals surface area contributed by atoms with Crippen LogP contribution in [0.3, 0.4) is 0 Å². The molecule has 1 aromatic carbocycles. The lowest BCUT2D eigenvalue weighted by Gasteiger charge is -2.06. The molecule has 0 aliphatic carbocycles. The average Bonchev–Trinajstić information content (AvgIpc) is 2.33. The molecule has 5 nitrogen and oxygen atoms in total. The molecule has 6 heteroatoms. The molecule has 0 bridgehead atoms. The van der Waals surface area contributed by atoms with Crippen molar-refractivity contribution in [1.82, 2.24) is 4.98 Å². The van der Waals surface area contributed by atoms with Crippen molar-refractivity contribution in [3.8, 4) is 11.5 Å². The summed E-state index contributed by atoms with van der Waals surface area (Å²) in [7, 11) is 0. The third kappa shape index (κ3) is 3.11. The topological polar surface area (TPSA) is 86.5 Å². The maximum atomic E-state index is 5.98. The quantitative estimate of drug-likeness (QED) is 0.657. The van der Waals surface area contributed by atoms with Crippen molar-refractivity contribution in [2.45, 2.75) is 0 Å². The molecular weight excluding hydrogens is 252 g/mol. The van der Waals surface area contributed by atoms with Gasteiger partial charge in [0.05, 0.1) is 11.2 Å². The molecule has 92 valence electrons. The van der Waals surface area contributed by atoms with Crippen molar-refractivity contribution in [1.29, 1.82) is 0 Å². The average molecular weight is 263 g/mol. The predicted octanol–water partition coefficient (Wildman–Crippen LogP) is 2.43. The van der Waals surface area contributed by atoms with Crippen molar-refractivity contribution in [3.63, 3.8) is 0 Å². The number of rotatable bonds is 3. The Hall–Kier alpha value is -2.27. The number of aliphatic imine (C=N–C) groups is 1. The standard InChI is InChI=1S/C12H11ClN4O/c13-10-6-9(7-16-11(10)17-12(14)15)18-8-4-2-1-3-5-8/h1-7H,(H4,14,15,16,17). The van der Waals surface area contributed by atoms with Gasteiger partial charge >= 0.3 is 0 Å². The van der Waals surface area contributed by atoms with Crippen LogP contribution in [-0.4, -0.2) is 10.9 Å². The minimum Gasteiger partial charge on any atom is -0.456 e. The van der Waals surface area contributed by atoms with Crippen molar-refractivity contribution >= 4 is 23.4 Å². The third-order valence-electron chi connectivity index (χ3n) is 2.01. The van der Waals surface area contributed by atoms with E-state index in [0.717, 1.165) is 0 Å². The van der Waals surface area contributed by atoms with E-state index < -0.39 is 0 Å². The van der Waals surface area contributed by atoms with Gasteiger partial charge in [-0.15, -0.1) is 0 Å². The Labute approximate surface area is 109 Å². The first-order chi connectivity index (χ1) is 8.65. The van der Waals surface area contributed by atoms with E-state index in [0.29, 0.717) is 16.5 Å². The number of halogens is 1. The van der Waals surface area contributed by atoms with E-state index in [1.54, 1.807) is 6.07 Å². The smallest absolute Gasteiger partial charge is 0.192 e. The maximum Gasteiger partial charge on any atom is 0.192 e. The lowest BCUT2D eigenvalue weighted by Crippen LogP contribution is -2.22. The van der Waals surface area contributed by atoms with E-state index in [1.807, 2.05) is 30.3 Å². The predicted molar refractivity (Wildman–Crippen MR) is 71.2 cm³/mol. The monoisotopic (exact) mass is 262 g/mol. The number of nitrogens with zero attached hydrogens (tertiary/aromatic N) is 2. The summed E-state index contributed by atoms with van der Waals surface area (Å²) in [6, 6.07) is 10.9. The van der Waals surface area contributed by atoms with Crippen molar-refractivity contribution in [3.05, 3.63) is 47.6 Å². The van der Waals surface area contributed by atoms with Gasteiger partial charge in [-0.2, -0.15) is 4.99 Å². The number of nitrogens with two attached hydrogens (primary N) is 2. The summed E-state index contributed by atoms with van der Waals surface area (Å²) in [5.41, 5.74) is 10.5. The Morgan fingerprint density at radius 3 is 2.50 bits per heavy atom. The molecule has 0 atom stereocenters. The van der Waals surface area contributed by atoms with Crippen LogP contribution in [-0.2, 0) is 0 Å². The van der Waals surface area contributed by atoms with Gasteiger partial charge in [0.15, 0.2) is 11.8 Å². The van der Waals surface area contributed by atoms with Crippen LogP contribution in [0.4, 0.5) is 5.82 Å². The number of aromatic nitrogens is 1. The Morgan fingerprint density at radius 1 is 1.17 bits per heavy atom.